The number of Topliss-reactive ketones (excluding diaryl/α,β-unsaturated/α-hetero) is 1. The number of ether oxygens (including phenoxy) is 1. The lowest BCUT2D eigenvalue weighted by atomic mass is 9.85. The summed E-state index contributed by atoms with van der Waals surface area (Å²) >= 11 is 2.59. The number of amides is 1. The van der Waals surface area contributed by atoms with Gasteiger partial charge in [0.25, 0.3) is 5.91 Å². The number of nitrogens with zero attached hydrogens (tertiary/aromatic N) is 2. The summed E-state index contributed by atoms with van der Waals surface area (Å²) in [6.45, 7) is 6.38. The van der Waals surface area contributed by atoms with Crippen LogP contribution in [-0.4, -0.2) is 28.9 Å². The highest BCUT2D eigenvalue weighted by Gasteiger charge is 2.46. The van der Waals surface area contributed by atoms with E-state index < -0.39 is 17.7 Å². The summed E-state index contributed by atoms with van der Waals surface area (Å²) < 4.78 is 6.16. The number of aliphatic hydroxyl groups is 1. The smallest absolute Gasteiger partial charge is 0.296 e. The van der Waals surface area contributed by atoms with E-state index in [2.05, 4.69) is 25.8 Å². The number of benzene rings is 2. The first-order valence-corrected chi connectivity index (χ1v) is 12.8. The maximum Gasteiger partial charge on any atom is 0.296 e. The van der Waals surface area contributed by atoms with Crippen molar-refractivity contribution in [3.8, 4) is 5.75 Å². The number of aromatic nitrogens is 1. The van der Waals surface area contributed by atoms with Crippen LogP contribution in [-0.2, 0) is 10.2 Å². The average molecular weight is 505 g/mol. The second kappa shape index (κ2) is 8.62. The Balaban J connectivity index is 1.66. The van der Waals surface area contributed by atoms with Crippen molar-refractivity contribution >= 4 is 49.7 Å². The minimum absolute atomic E-state index is 0.0522. The Kier molecular flexibility index (Phi) is 5.73. The molecule has 2 aromatic carbocycles. The number of thiazole rings is 1. The van der Waals surface area contributed by atoms with Gasteiger partial charge in [-0.15, -0.1) is 11.3 Å². The fourth-order valence-electron chi connectivity index (χ4n) is 4.18. The van der Waals surface area contributed by atoms with Crippen molar-refractivity contribution in [3.05, 3.63) is 87.3 Å². The van der Waals surface area contributed by atoms with Crippen molar-refractivity contribution in [1.29, 1.82) is 0 Å². The van der Waals surface area contributed by atoms with Crippen molar-refractivity contribution in [3.63, 3.8) is 0 Å². The highest BCUT2D eigenvalue weighted by molar-refractivity contribution is 7.22. The third kappa shape index (κ3) is 4.02. The van der Waals surface area contributed by atoms with Gasteiger partial charge in [0.2, 0.25) is 5.78 Å². The molecular weight excluding hydrogens is 480 g/mol. The van der Waals surface area contributed by atoms with Crippen LogP contribution in [0.3, 0.4) is 0 Å². The molecule has 1 amide bonds. The van der Waals surface area contributed by atoms with E-state index in [1.54, 1.807) is 24.6 Å². The Labute approximate surface area is 211 Å². The van der Waals surface area contributed by atoms with Crippen LogP contribution in [0.5, 0.6) is 5.75 Å². The number of ketones is 1. The molecule has 0 unspecified atom stereocenters. The average Bonchev–Trinajstić information content (AvgIpc) is 3.56. The Morgan fingerprint density at radius 3 is 2.49 bits per heavy atom. The Morgan fingerprint density at radius 1 is 1.11 bits per heavy atom. The molecule has 0 bridgehead atoms. The van der Waals surface area contributed by atoms with Gasteiger partial charge in [0.05, 0.1) is 33.8 Å². The van der Waals surface area contributed by atoms with E-state index in [9.17, 15) is 14.7 Å². The van der Waals surface area contributed by atoms with Crippen LogP contribution in [0.2, 0.25) is 0 Å². The molecule has 0 saturated carbocycles. The largest absolute Gasteiger partial charge is 0.503 e. The molecule has 6 nitrogen and oxygen atoms in total. The van der Waals surface area contributed by atoms with Crippen LogP contribution in [0.4, 0.5) is 5.13 Å². The molecule has 3 heterocycles. The van der Waals surface area contributed by atoms with Gasteiger partial charge in [-0.05, 0) is 46.2 Å². The zero-order chi connectivity index (χ0) is 24.9. The fourth-order valence-corrected chi connectivity index (χ4v) is 5.88. The van der Waals surface area contributed by atoms with Crippen molar-refractivity contribution in [1.82, 2.24) is 4.98 Å². The zero-order valence-electron chi connectivity index (χ0n) is 19.7. The summed E-state index contributed by atoms with van der Waals surface area (Å²) in [4.78, 5) is 33.5. The summed E-state index contributed by atoms with van der Waals surface area (Å²) in [5.74, 6) is -0.851. The lowest BCUT2D eigenvalue weighted by Gasteiger charge is -2.25. The quantitative estimate of drug-likeness (QED) is 0.316. The SMILES string of the molecule is COc1ccc2nc(N3C(=O)C(O)=C(C(=O)c4cccs4)[C@H]3c3ccc(C(C)(C)C)cc3)sc2c1. The molecule has 1 N–H and O–H groups in total. The molecule has 0 saturated heterocycles. The number of carbonyl (C=O) groups is 2. The van der Waals surface area contributed by atoms with Gasteiger partial charge >= 0.3 is 0 Å². The first-order valence-electron chi connectivity index (χ1n) is 11.1. The van der Waals surface area contributed by atoms with Gasteiger partial charge in [-0.3, -0.25) is 14.5 Å². The Hall–Kier alpha value is -3.49. The fraction of sp³-hybridized carbons (Fsp3) is 0.222. The molecule has 4 aromatic rings. The van der Waals surface area contributed by atoms with Crippen LogP contribution in [0.1, 0.15) is 47.6 Å². The molecule has 35 heavy (non-hydrogen) atoms. The summed E-state index contributed by atoms with van der Waals surface area (Å²) in [6, 6.07) is 16.0. The molecule has 1 aliphatic rings. The highest BCUT2D eigenvalue weighted by atomic mass is 32.1. The monoisotopic (exact) mass is 504 g/mol. The number of thiophene rings is 1. The van der Waals surface area contributed by atoms with Crippen LogP contribution < -0.4 is 9.64 Å². The topological polar surface area (TPSA) is 79.7 Å². The van der Waals surface area contributed by atoms with Gasteiger partial charge in [-0.1, -0.05) is 62.4 Å². The van der Waals surface area contributed by atoms with Gasteiger partial charge in [0.1, 0.15) is 5.75 Å². The van der Waals surface area contributed by atoms with E-state index >= 15 is 0 Å². The molecule has 178 valence electrons. The number of fused-ring (bicyclic) bond motifs is 1. The number of anilines is 1. The van der Waals surface area contributed by atoms with Gasteiger partial charge < -0.3 is 9.84 Å². The van der Waals surface area contributed by atoms with Crippen molar-refractivity contribution in [2.75, 3.05) is 12.0 Å². The third-order valence-electron chi connectivity index (χ3n) is 6.08. The van der Waals surface area contributed by atoms with Crippen LogP contribution >= 0.6 is 22.7 Å². The van der Waals surface area contributed by atoms with E-state index in [-0.39, 0.29) is 16.8 Å². The minimum atomic E-state index is -0.798. The molecule has 0 spiro atoms. The van der Waals surface area contributed by atoms with Crippen LogP contribution in [0.15, 0.2) is 71.3 Å². The predicted molar refractivity (Wildman–Crippen MR) is 140 cm³/mol. The predicted octanol–water partition coefficient (Wildman–Crippen LogP) is 6.45. The van der Waals surface area contributed by atoms with Gasteiger partial charge in [0.15, 0.2) is 10.9 Å². The maximum atomic E-state index is 13.5. The number of carbonyl (C=O) groups excluding carboxylic acids is 2. The zero-order valence-corrected chi connectivity index (χ0v) is 21.4. The number of methoxy groups -OCH3 is 1. The molecule has 0 fully saturated rings. The van der Waals surface area contributed by atoms with Gasteiger partial charge in [-0.2, -0.15) is 0 Å². The molecule has 0 aliphatic carbocycles. The molecule has 5 rings (SSSR count). The summed E-state index contributed by atoms with van der Waals surface area (Å²) in [6.07, 6.45) is 0. The number of hydrogen-bond donors (Lipinski definition) is 1. The van der Waals surface area contributed by atoms with E-state index in [0.29, 0.717) is 21.3 Å². The first kappa shape index (κ1) is 23.3. The van der Waals surface area contributed by atoms with Crippen molar-refractivity contribution in [2.24, 2.45) is 0 Å². The summed E-state index contributed by atoms with van der Waals surface area (Å²) in [5.41, 5.74) is 2.58. The Morgan fingerprint density at radius 2 is 1.86 bits per heavy atom. The second-order valence-corrected chi connectivity index (χ2v) is 11.3. The lowest BCUT2D eigenvalue weighted by molar-refractivity contribution is -0.117. The van der Waals surface area contributed by atoms with E-state index in [0.717, 1.165) is 15.8 Å². The van der Waals surface area contributed by atoms with Gasteiger partial charge in [0, 0.05) is 0 Å². The second-order valence-electron chi connectivity index (χ2n) is 9.35. The normalized spacial score (nSPS) is 16.4. The highest BCUT2D eigenvalue weighted by Crippen LogP contribution is 2.45. The van der Waals surface area contributed by atoms with Crippen LogP contribution in [0.25, 0.3) is 10.2 Å². The van der Waals surface area contributed by atoms with Crippen molar-refractivity contribution in [2.45, 2.75) is 32.2 Å². The van der Waals surface area contributed by atoms with E-state index in [4.69, 9.17) is 4.74 Å². The summed E-state index contributed by atoms with van der Waals surface area (Å²) in [7, 11) is 1.59. The lowest BCUT2D eigenvalue weighted by Crippen LogP contribution is -2.31. The van der Waals surface area contributed by atoms with Crippen LogP contribution in [0, 0.1) is 0 Å². The minimum Gasteiger partial charge on any atom is -0.503 e. The number of hydrogen-bond acceptors (Lipinski definition) is 7. The number of rotatable bonds is 5. The van der Waals surface area contributed by atoms with Gasteiger partial charge in [-0.25, -0.2) is 4.98 Å². The van der Waals surface area contributed by atoms with E-state index in [1.807, 2.05) is 42.5 Å². The first-order chi connectivity index (χ1) is 16.7. The van der Waals surface area contributed by atoms with E-state index in [1.165, 1.54) is 27.6 Å². The van der Waals surface area contributed by atoms with Crippen molar-refractivity contribution < 1.29 is 19.4 Å². The Bertz CT molecular complexity index is 1460. The standard InChI is InChI=1S/C27H24N2O4S2/c1-27(2,3)16-9-7-15(8-10-16)22-21(23(30)19-6-5-13-34-19)24(31)25(32)29(22)26-28-18-12-11-17(33-4)14-20(18)35-26/h5-14,22,31H,1-4H3/t22-/m1/s1. The molecule has 2 aromatic heterocycles. The molecular formula is C27H24N2O4S2. The number of aliphatic hydroxyl groups excluding tert-OH is 1. The molecule has 1 aliphatic heterocycles. The molecule has 0 radical (unpaired) electrons. The molecule has 8 heteroatoms. The maximum absolute atomic E-state index is 13.5. The summed E-state index contributed by atoms with van der Waals surface area (Å²) in [5, 5.41) is 13.2. The molecule has 1 atom stereocenters. The third-order valence-corrected chi connectivity index (χ3v) is 7.97.